The molecule has 0 fully saturated rings. The lowest BCUT2D eigenvalue weighted by molar-refractivity contribution is 0.106. The second kappa shape index (κ2) is 10.00. The van der Waals surface area contributed by atoms with Gasteiger partial charge >= 0.3 is 0 Å². The van der Waals surface area contributed by atoms with Gasteiger partial charge in [0, 0.05) is 11.8 Å². The van der Waals surface area contributed by atoms with Crippen LogP contribution in [0.25, 0.3) is 17.5 Å². The van der Waals surface area contributed by atoms with Gasteiger partial charge in [-0.15, -0.1) is 34.0 Å². The normalized spacial score (nSPS) is 13.3. The van der Waals surface area contributed by atoms with Crippen molar-refractivity contribution in [1.29, 1.82) is 0 Å². The van der Waals surface area contributed by atoms with Crippen LogP contribution < -0.4 is 14.7 Å². The predicted octanol–water partition coefficient (Wildman–Crippen LogP) is 5.89. The van der Waals surface area contributed by atoms with E-state index < -0.39 is 0 Å². The van der Waals surface area contributed by atoms with E-state index in [1.807, 2.05) is 102 Å². The van der Waals surface area contributed by atoms with Crippen molar-refractivity contribution in [2.45, 2.75) is 13.8 Å². The molecule has 0 atom stereocenters. The van der Waals surface area contributed by atoms with Gasteiger partial charge in [0.1, 0.15) is 9.20 Å². The fourth-order valence-corrected chi connectivity index (χ4v) is 6.03. The van der Waals surface area contributed by atoms with Crippen LogP contribution in [0.4, 0.5) is 5.69 Å². The number of carbonyl (C=O) groups excluding carboxylic acids is 1. The predicted molar refractivity (Wildman–Crippen MR) is 147 cm³/mol. The SMILES string of the molecule is Cc1ccc(N=c2/c(=C(\O)c3cccs3)s/c(=C/C(=O)c3cccs3)n2-c2ccc(C)cc2)cc1. The molecule has 5 rings (SSSR count). The summed E-state index contributed by atoms with van der Waals surface area (Å²) in [5.74, 6) is 0.0751. The maximum Gasteiger partial charge on any atom is 0.198 e. The maximum atomic E-state index is 13.1. The third-order valence-electron chi connectivity index (χ3n) is 5.39. The first kappa shape index (κ1) is 23.2. The van der Waals surface area contributed by atoms with Crippen LogP contribution in [0.2, 0.25) is 0 Å². The Labute approximate surface area is 214 Å². The molecule has 0 radical (unpaired) electrons. The molecular formula is C28H22N2O2S3. The van der Waals surface area contributed by atoms with Crippen LogP contribution in [0, 0.1) is 13.8 Å². The van der Waals surface area contributed by atoms with Crippen molar-refractivity contribution in [2.75, 3.05) is 0 Å². The zero-order valence-electron chi connectivity index (χ0n) is 19.1. The van der Waals surface area contributed by atoms with Crippen molar-refractivity contribution < 1.29 is 9.90 Å². The molecule has 5 aromatic rings. The smallest absolute Gasteiger partial charge is 0.198 e. The number of carbonyl (C=O) groups is 1. The van der Waals surface area contributed by atoms with Crippen LogP contribution in [0.5, 0.6) is 0 Å². The first-order valence-corrected chi connectivity index (χ1v) is 13.5. The molecule has 0 bridgehead atoms. The molecule has 7 heteroatoms. The van der Waals surface area contributed by atoms with Crippen molar-refractivity contribution in [2.24, 2.45) is 4.99 Å². The number of nitrogens with zero attached hydrogens (tertiary/aromatic N) is 2. The lowest BCUT2D eigenvalue weighted by Crippen LogP contribution is -2.33. The molecular weight excluding hydrogens is 493 g/mol. The van der Waals surface area contributed by atoms with E-state index >= 15 is 0 Å². The number of aryl methyl sites for hydroxylation is 2. The largest absolute Gasteiger partial charge is 0.505 e. The van der Waals surface area contributed by atoms with Gasteiger partial charge in [0.25, 0.3) is 0 Å². The van der Waals surface area contributed by atoms with Crippen LogP contribution in [-0.2, 0) is 0 Å². The first-order valence-electron chi connectivity index (χ1n) is 11.0. The molecule has 0 saturated carbocycles. The first-order chi connectivity index (χ1) is 17.0. The molecule has 35 heavy (non-hydrogen) atoms. The summed E-state index contributed by atoms with van der Waals surface area (Å²) in [6.45, 7) is 4.07. The number of thiophene rings is 2. The van der Waals surface area contributed by atoms with Crippen LogP contribution in [-0.4, -0.2) is 15.5 Å². The molecule has 1 N–H and O–H groups in total. The highest BCUT2D eigenvalue weighted by Gasteiger charge is 2.13. The Morgan fingerprint density at radius 2 is 1.46 bits per heavy atom. The van der Waals surface area contributed by atoms with E-state index in [0.717, 1.165) is 27.4 Å². The van der Waals surface area contributed by atoms with E-state index in [9.17, 15) is 9.90 Å². The van der Waals surface area contributed by atoms with Crippen LogP contribution in [0.15, 0.2) is 88.5 Å². The summed E-state index contributed by atoms with van der Waals surface area (Å²) in [6, 6.07) is 23.5. The van der Waals surface area contributed by atoms with Crippen LogP contribution in [0.3, 0.4) is 0 Å². The fraction of sp³-hybridized carbons (Fsp3) is 0.0714. The Kier molecular flexibility index (Phi) is 6.63. The Bertz CT molecular complexity index is 1650. The molecule has 0 unspecified atom stereocenters. The number of hydrogen-bond donors (Lipinski definition) is 1. The number of benzene rings is 2. The summed E-state index contributed by atoms with van der Waals surface area (Å²) < 4.78 is 3.25. The number of ketones is 1. The number of aromatic nitrogens is 1. The second-order valence-electron chi connectivity index (χ2n) is 8.02. The summed E-state index contributed by atoms with van der Waals surface area (Å²) in [7, 11) is 0. The monoisotopic (exact) mass is 514 g/mol. The van der Waals surface area contributed by atoms with Gasteiger partial charge in [-0.05, 0) is 61.0 Å². The summed E-state index contributed by atoms with van der Waals surface area (Å²) in [6.07, 6.45) is 1.63. The maximum absolute atomic E-state index is 13.1. The standard InChI is InChI=1S/C28H22N2O2S3/c1-18-7-11-20(12-8-18)29-28-27(26(32)24-6-4-16-34-24)35-25(17-22(31)23-5-3-15-33-23)30(28)21-13-9-19(2)10-14-21/h3-17,32H,1-2H3/b25-17+,27-26+,29-28?. The molecule has 0 amide bonds. The van der Waals surface area contributed by atoms with Crippen molar-refractivity contribution >= 4 is 57.3 Å². The molecule has 3 heterocycles. The van der Waals surface area contributed by atoms with E-state index in [1.165, 1.54) is 34.0 Å². The summed E-state index contributed by atoms with van der Waals surface area (Å²) in [5.41, 5.74) is 4.50. The zero-order chi connectivity index (χ0) is 24.4. The van der Waals surface area contributed by atoms with E-state index in [-0.39, 0.29) is 11.5 Å². The topological polar surface area (TPSA) is 54.6 Å². The van der Waals surface area contributed by atoms with E-state index in [1.54, 1.807) is 6.08 Å². The lowest BCUT2D eigenvalue weighted by atomic mass is 10.2. The molecule has 3 aromatic heterocycles. The van der Waals surface area contributed by atoms with E-state index in [0.29, 0.717) is 19.6 Å². The van der Waals surface area contributed by atoms with Gasteiger partial charge in [-0.2, -0.15) is 0 Å². The number of hydrogen-bond acceptors (Lipinski definition) is 6. The average molecular weight is 515 g/mol. The highest BCUT2D eigenvalue weighted by Crippen LogP contribution is 2.16. The molecule has 4 nitrogen and oxygen atoms in total. The minimum Gasteiger partial charge on any atom is -0.505 e. The minimum atomic E-state index is -0.0776. The molecule has 0 saturated heterocycles. The molecule has 0 aliphatic rings. The molecule has 2 aromatic carbocycles. The Balaban J connectivity index is 1.89. The van der Waals surface area contributed by atoms with E-state index in [2.05, 4.69) is 0 Å². The number of rotatable bonds is 5. The highest BCUT2D eigenvalue weighted by atomic mass is 32.1. The van der Waals surface area contributed by atoms with Crippen molar-refractivity contribution in [3.05, 3.63) is 119 Å². The molecule has 174 valence electrons. The lowest BCUT2D eigenvalue weighted by Gasteiger charge is -2.05. The Hall–Kier alpha value is -3.52. The summed E-state index contributed by atoms with van der Waals surface area (Å²) in [5, 5.41) is 15.1. The molecule has 0 aliphatic carbocycles. The number of Topliss-reactive ketones (excluding diaryl/α,β-unsaturated/α-hetero) is 1. The third kappa shape index (κ3) is 4.98. The molecule has 0 aliphatic heterocycles. The van der Waals surface area contributed by atoms with Gasteiger partial charge in [0.05, 0.1) is 15.4 Å². The van der Waals surface area contributed by atoms with Crippen LogP contribution in [0.1, 0.15) is 25.7 Å². The summed E-state index contributed by atoms with van der Waals surface area (Å²) >= 11 is 4.23. The van der Waals surface area contributed by atoms with Crippen molar-refractivity contribution in [3.63, 3.8) is 0 Å². The number of aliphatic hydroxyl groups excluding tert-OH is 1. The fourth-order valence-electron chi connectivity index (χ4n) is 3.56. The average Bonchev–Trinajstić information content (AvgIpc) is 3.63. The second-order valence-corrected chi connectivity index (χ2v) is 10.9. The number of aliphatic hydroxyl groups is 1. The number of thiazole rings is 1. The third-order valence-corrected chi connectivity index (χ3v) is 8.24. The minimum absolute atomic E-state index is 0.0776. The van der Waals surface area contributed by atoms with Crippen molar-refractivity contribution in [3.8, 4) is 5.69 Å². The Morgan fingerprint density at radius 1 is 0.857 bits per heavy atom. The van der Waals surface area contributed by atoms with Gasteiger partial charge in [-0.25, -0.2) is 4.99 Å². The molecule has 0 spiro atoms. The zero-order valence-corrected chi connectivity index (χ0v) is 21.6. The quantitative estimate of drug-likeness (QED) is 0.298. The van der Waals surface area contributed by atoms with Crippen LogP contribution >= 0.6 is 34.0 Å². The van der Waals surface area contributed by atoms with Gasteiger partial charge in [0.2, 0.25) is 0 Å². The summed E-state index contributed by atoms with van der Waals surface area (Å²) in [4.78, 5) is 19.5. The van der Waals surface area contributed by atoms with Crippen molar-refractivity contribution in [1.82, 2.24) is 4.57 Å². The van der Waals surface area contributed by atoms with Gasteiger partial charge in [-0.3, -0.25) is 9.36 Å². The van der Waals surface area contributed by atoms with Gasteiger partial charge in [-0.1, -0.05) is 47.5 Å². The highest BCUT2D eigenvalue weighted by molar-refractivity contribution is 7.13. The van der Waals surface area contributed by atoms with Gasteiger partial charge in [0.15, 0.2) is 17.0 Å². The van der Waals surface area contributed by atoms with Gasteiger partial charge < -0.3 is 5.11 Å². The van der Waals surface area contributed by atoms with E-state index in [4.69, 9.17) is 4.99 Å². The Morgan fingerprint density at radius 3 is 2.06 bits per heavy atom.